The van der Waals surface area contributed by atoms with E-state index in [2.05, 4.69) is 16.8 Å². The van der Waals surface area contributed by atoms with Crippen molar-refractivity contribution >= 4 is 28.8 Å². The molecule has 0 fully saturated rings. The molecule has 1 aromatic rings. The van der Waals surface area contributed by atoms with Crippen molar-refractivity contribution in [2.75, 3.05) is 12.5 Å². The highest BCUT2D eigenvalue weighted by atomic mass is 35.5. The van der Waals surface area contributed by atoms with E-state index >= 15 is 0 Å². The summed E-state index contributed by atoms with van der Waals surface area (Å²) in [6.45, 7) is 2.67. The number of hydrogen-bond donors (Lipinski definition) is 1. The van der Waals surface area contributed by atoms with Crippen molar-refractivity contribution in [3.8, 4) is 0 Å². The Morgan fingerprint density at radius 3 is 3.38 bits per heavy atom. The van der Waals surface area contributed by atoms with Gasteiger partial charge in [-0.2, -0.15) is 0 Å². The van der Waals surface area contributed by atoms with Crippen LogP contribution in [0.15, 0.2) is 11.4 Å². The molecule has 2 unspecified atom stereocenters. The summed E-state index contributed by atoms with van der Waals surface area (Å²) in [5.41, 5.74) is 1.21. The van der Waals surface area contributed by atoms with Crippen molar-refractivity contribution in [1.82, 2.24) is 5.32 Å². The fraction of sp³-hybridized carbons (Fsp3) is 0.545. The molecule has 3 nitrogen and oxygen atoms in total. The first-order valence-electron chi connectivity index (χ1n) is 5.25. The Hall–Kier alpha value is -0.580. The molecule has 88 valence electrons. The number of alkyl halides is 1. The van der Waals surface area contributed by atoms with Crippen LogP contribution in [0.3, 0.4) is 0 Å². The number of thiophene rings is 1. The quantitative estimate of drug-likeness (QED) is 0.845. The molecule has 1 amide bonds. The maximum atomic E-state index is 11.2. The highest BCUT2D eigenvalue weighted by Crippen LogP contribution is 2.32. The van der Waals surface area contributed by atoms with Crippen molar-refractivity contribution in [3.63, 3.8) is 0 Å². The first kappa shape index (κ1) is 11.9. The maximum Gasteiger partial charge on any atom is 0.235 e. The van der Waals surface area contributed by atoms with Crippen LogP contribution in [-0.2, 0) is 16.0 Å². The van der Waals surface area contributed by atoms with Crippen LogP contribution in [0.4, 0.5) is 0 Å². The van der Waals surface area contributed by atoms with Crippen molar-refractivity contribution in [2.45, 2.75) is 25.5 Å². The fourth-order valence-corrected chi connectivity index (χ4v) is 2.93. The average molecular weight is 260 g/mol. The molecule has 16 heavy (non-hydrogen) atoms. The topological polar surface area (TPSA) is 38.3 Å². The first-order valence-corrected chi connectivity index (χ1v) is 6.67. The van der Waals surface area contributed by atoms with Crippen LogP contribution in [0.1, 0.15) is 23.5 Å². The van der Waals surface area contributed by atoms with Crippen LogP contribution in [0.25, 0.3) is 0 Å². The monoisotopic (exact) mass is 259 g/mol. The molecule has 0 aliphatic carbocycles. The number of halogens is 1. The van der Waals surface area contributed by atoms with E-state index in [9.17, 15) is 4.79 Å². The van der Waals surface area contributed by atoms with Crippen molar-refractivity contribution in [1.29, 1.82) is 0 Å². The molecule has 1 aliphatic rings. The van der Waals surface area contributed by atoms with E-state index in [1.807, 2.05) is 6.92 Å². The summed E-state index contributed by atoms with van der Waals surface area (Å²) in [4.78, 5) is 12.6. The van der Waals surface area contributed by atoms with Gasteiger partial charge < -0.3 is 10.1 Å². The van der Waals surface area contributed by atoms with Crippen molar-refractivity contribution < 1.29 is 9.53 Å². The molecule has 1 N–H and O–H groups in total. The van der Waals surface area contributed by atoms with Gasteiger partial charge in [-0.1, -0.05) is 0 Å². The summed E-state index contributed by atoms with van der Waals surface area (Å²) in [6, 6.07) is 2.03. The molecular formula is C11H14ClNO2S. The molecule has 5 heteroatoms. The van der Waals surface area contributed by atoms with Gasteiger partial charge in [0.05, 0.1) is 12.6 Å². The maximum absolute atomic E-state index is 11.2. The Kier molecular flexibility index (Phi) is 3.84. The van der Waals surface area contributed by atoms with Gasteiger partial charge in [0.1, 0.15) is 12.0 Å². The van der Waals surface area contributed by atoms with Gasteiger partial charge in [-0.25, -0.2) is 0 Å². The number of fused-ring (bicyclic) bond motifs is 1. The van der Waals surface area contributed by atoms with Gasteiger partial charge in [0, 0.05) is 11.3 Å². The number of rotatable bonds is 3. The highest BCUT2D eigenvalue weighted by molar-refractivity contribution is 7.10. The van der Waals surface area contributed by atoms with Gasteiger partial charge in [-0.15, -0.1) is 22.9 Å². The summed E-state index contributed by atoms with van der Waals surface area (Å²) < 4.78 is 5.72. The number of nitrogens with one attached hydrogen (secondary N) is 1. The second-order valence-corrected chi connectivity index (χ2v) is 5.10. The standard InChI is InChI=1S/C11H14ClNO2S/c1-7(13-10(14)6-12)11-8-3-5-16-9(8)2-4-15-11/h3,5,7,11H,2,4,6H2,1H3,(H,13,14). The second kappa shape index (κ2) is 5.17. The van der Waals surface area contributed by atoms with Crippen LogP contribution < -0.4 is 5.32 Å². The zero-order chi connectivity index (χ0) is 11.5. The van der Waals surface area contributed by atoms with E-state index in [0.29, 0.717) is 0 Å². The molecule has 0 saturated carbocycles. The SMILES string of the molecule is CC(NC(=O)CCl)C1OCCc2sccc21. The molecule has 0 radical (unpaired) electrons. The third kappa shape index (κ3) is 2.39. The van der Waals surface area contributed by atoms with E-state index in [1.165, 1.54) is 10.4 Å². The molecule has 1 aliphatic heterocycles. The lowest BCUT2D eigenvalue weighted by atomic mass is 10.0. The zero-order valence-electron chi connectivity index (χ0n) is 9.03. The summed E-state index contributed by atoms with van der Waals surface area (Å²) in [5.74, 6) is -0.159. The van der Waals surface area contributed by atoms with E-state index < -0.39 is 0 Å². The lowest BCUT2D eigenvalue weighted by molar-refractivity contribution is -0.120. The molecule has 2 atom stereocenters. The molecule has 1 aromatic heterocycles. The number of amides is 1. The molecule has 0 saturated heterocycles. The van der Waals surface area contributed by atoms with Crippen LogP contribution in [0, 0.1) is 0 Å². The Labute approximate surface area is 104 Å². The third-order valence-corrected chi connectivity index (χ3v) is 3.92. The molecule has 0 bridgehead atoms. The van der Waals surface area contributed by atoms with Crippen LogP contribution in [0.5, 0.6) is 0 Å². The summed E-state index contributed by atoms with van der Waals surface area (Å²) in [5, 5.41) is 4.91. The minimum absolute atomic E-state index is 0.00639. The smallest absolute Gasteiger partial charge is 0.235 e. The largest absolute Gasteiger partial charge is 0.371 e. The van der Waals surface area contributed by atoms with Crippen LogP contribution >= 0.6 is 22.9 Å². The second-order valence-electron chi connectivity index (χ2n) is 3.83. The van der Waals surface area contributed by atoms with Gasteiger partial charge in [0.2, 0.25) is 5.91 Å². The first-order chi connectivity index (χ1) is 7.72. The van der Waals surface area contributed by atoms with Crippen LogP contribution in [0.2, 0.25) is 0 Å². The zero-order valence-corrected chi connectivity index (χ0v) is 10.6. The summed E-state index contributed by atoms with van der Waals surface area (Å²) in [6.07, 6.45) is 0.932. The predicted molar refractivity (Wildman–Crippen MR) is 65.0 cm³/mol. The molecule has 0 spiro atoms. The Morgan fingerprint density at radius 2 is 2.62 bits per heavy atom. The minimum atomic E-state index is -0.153. The lowest BCUT2D eigenvalue weighted by Gasteiger charge is -2.29. The van der Waals surface area contributed by atoms with E-state index in [0.717, 1.165) is 13.0 Å². The fourth-order valence-electron chi connectivity index (χ4n) is 1.96. The van der Waals surface area contributed by atoms with Gasteiger partial charge in [-0.3, -0.25) is 4.79 Å². The number of carbonyl (C=O) groups is 1. The predicted octanol–water partition coefficient (Wildman–Crippen LogP) is 2.11. The van der Waals surface area contributed by atoms with Crippen molar-refractivity contribution in [2.24, 2.45) is 0 Å². The number of hydrogen-bond acceptors (Lipinski definition) is 3. The van der Waals surface area contributed by atoms with Crippen molar-refractivity contribution in [3.05, 3.63) is 21.9 Å². The summed E-state index contributed by atoms with van der Waals surface area (Å²) in [7, 11) is 0. The Morgan fingerprint density at radius 1 is 1.81 bits per heavy atom. The van der Waals surface area contributed by atoms with Gasteiger partial charge >= 0.3 is 0 Å². The van der Waals surface area contributed by atoms with Gasteiger partial charge in [0.15, 0.2) is 0 Å². The summed E-state index contributed by atoms with van der Waals surface area (Å²) >= 11 is 7.22. The minimum Gasteiger partial charge on any atom is -0.371 e. The van der Waals surface area contributed by atoms with Gasteiger partial charge in [0.25, 0.3) is 0 Å². The molecule has 2 rings (SSSR count). The number of carbonyl (C=O) groups excluding carboxylic acids is 1. The normalized spacial score (nSPS) is 21.2. The molecule has 0 aromatic carbocycles. The lowest BCUT2D eigenvalue weighted by Crippen LogP contribution is -2.40. The molecular weight excluding hydrogens is 246 g/mol. The third-order valence-electron chi connectivity index (χ3n) is 2.68. The number of ether oxygens (including phenoxy) is 1. The van der Waals surface area contributed by atoms with E-state index in [-0.39, 0.29) is 23.9 Å². The Bertz CT molecular complexity index is 380. The molecule has 2 heterocycles. The van der Waals surface area contributed by atoms with Crippen LogP contribution in [-0.4, -0.2) is 24.4 Å². The Balaban J connectivity index is 2.09. The van der Waals surface area contributed by atoms with E-state index in [4.69, 9.17) is 16.3 Å². The van der Waals surface area contributed by atoms with E-state index in [1.54, 1.807) is 11.3 Å². The average Bonchev–Trinajstić information content (AvgIpc) is 2.76. The van der Waals surface area contributed by atoms with Gasteiger partial charge in [-0.05, 0) is 23.9 Å². The highest BCUT2D eigenvalue weighted by Gasteiger charge is 2.27.